The Morgan fingerprint density at radius 2 is 2.00 bits per heavy atom. The zero-order valence-corrected chi connectivity index (χ0v) is 7.42. The van der Waals surface area contributed by atoms with E-state index in [2.05, 4.69) is 5.32 Å². The van der Waals surface area contributed by atoms with Crippen molar-refractivity contribution >= 4 is 11.9 Å². The molecular formula is C8H13NO3. The van der Waals surface area contributed by atoms with Crippen LogP contribution in [0.3, 0.4) is 0 Å². The predicted octanol–water partition coefficient (Wildman–Crippen LogP) is 0.0730. The second kappa shape index (κ2) is 4.70. The van der Waals surface area contributed by atoms with Gasteiger partial charge in [-0.3, -0.25) is 4.79 Å². The molecule has 0 rings (SSSR count). The molecule has 0 saturated carbocycles. The molecule has 0 heterocycles. The Balaban J connectivity index is 4.70. The molecule has 0 aliphatic carbocycles. The Morgan fingerprint density at radius 1 is 1.50 bits per heavy atom. The lowest BCUT2D eigenvalue weighted by Crippen LogP contribution is -2.37. The number of carbonyl (C=O) groups excluding carboxylic acids is 1. The summed E-state index contributed by atoms with van der Waals surface area (Å²) < 4.78 is 0. The first-order valence-corrected chi connectivity index (χ1v) is 3.69. The fraction of sp³-hybridized carbons (Fsp3) is 0.625. The maximum Gasteiger partial charge on any atom is 0.325 e. The summed E-state index contributed by atoms with van der Waals surface area (Å²) in [5.41, 5.74) is 0.241. The van der Waals surface area contributed by atoms with Crippen molar-refractivity contribution in [2.45, 2.75) is 19.9 Å². The van der Waals surface area contributed by atoms with Gasteiger partial charge < -0.3 is 10.4 Å². The molecule has 68 valence electrons. The molecule has 0 saturated heterocycles. The van der Waals surface area contributed by atoms with Crippen LogP contribution in [0.2, 0.25) is 0 Å². The third kappa shape index (κ3) is 2.49. The van der Waals surface area contributed by atoms with Gasteiger partial charge in [-0.15, -0.1) is 0 Å². The monoisotopic (exact) mass is 171 g/mol. The average molecular weight is 171 g/mol. The lowest BCUT2D eigenvalue weighted by molar-refractivity contribution is -0.138. The second-order valence-corrected chi connectivity index (χ2v) is 2.77. The van der Waals surface area contributed by atoms with Crippen molar-refractivity contribution in [1.29, 1.82) is 0 Å². The number of hydrogen-bond acceptors (Lipinski definition) is 3. The number of carboxylic acid groups (broad SMARTS) is 1. The van der Waals surface area contributed by atoms with E-state index >= 15 is 0 Å². The number of carbonyl (C=O) groups is 1. The molecule has 2 N–H and O–H groups in total. The van der Waals surface area contributed by atoms with E-state index in [9.17, 15) is 9.59 Å². The topological polar surface area (TPSA) is 66.4 Å². The molecule has 12 heavy (non-hydrogen) atoms. The van der Waals surface area contributed by atoms with Gasteiger partial charge in [-0.05, 0) is 13.0 Å². The Bertz CT molecular complexity index is 216. The minimum Gasteiger partial charge on any atom is -0.480 e. The Morgan fingerprint density at radius 3 is 2.08 bits per heavy atom. The van der Waals surface area contributed by atoms with Crippen molar-refractivity contribution in [2.24, 2.45) is 5.92 Å². The van der Waals surface area contributed by atoms with Crippen molar-refractivity contribution in [3.63, 3.8) is 0 Å². The lowest BCUT2D eigenvalue weighted by atomic mass is 9.97. The third-order valence-electron chi connectivity index (χ3n) is 1.59. The molecule has 0 spiro atoms. The highest BCUT2D eigenvalue weighted by Gasteiger charge is 2.23. The van der Waals surface area contributed by atoms with E-state index in [4.69, 9.17) is 5.11 Å². The molecule has 0 aliphatic heterocycles. The quantitative estimate of drug-likeness (QED) is 0.587. The molecule has 1 atom stereocenters. The molecule has 0 radical (unpaired) electrons. The molecule has 0 aromatic carbocycles. The minimum absolute atomic E-state index is 0.101. The number of nitrogens with one attached hydrogen (secondary N) is 1. The first-order chi connectivity index (χ1) is 5.54. The molecule has 0 unspecified atom stereocenters. The van der Waals surface area contributed by atoms with E-state index in [1.165, 1.54) is 7.05 Å². The standard InChI is InChI=1S/C8H13NO3/c1-5(2)6(4-10)7(9-3)8(11)12/h5,7,9H,1-3H3,(H,11,12)/t7-/m0/s1. The van der Waals surface area contributed by atoms with E-state index in [1.807, 2.05) is 0 Å². The zero-order valence-electron chi connectivity index (χ0n) is 7.42. The molecular weight excluding hydrogens is 158 g/mol. The van der Waals surface area contributed by atoms with Crippen molar-refractivity contribution in [1.82, 2.24) is 5.32 Å². The summed E-state index contributed by atoms with van der Waals surface area (Å²) in [6.45, 7) is 3.51. The van der Waals surface area contributed by atoms with E-state index in [1.54, 1.807) is 19.8 Å². The zero-order chi connectivity index (χ0) is 9.72. The molecule has 0 bridgehead atoms. The van der Waals surface area contributed by atoms with Crippen molar-refractivity contribution in [3.05, 3.63) is 5.57 Å². The van der Waals surface area contributed by atoms with E-state index in [0.29, 0.717) is 0 Å². The highest BCUT2D eigenvalue weighted by Crippen LogP contribution is 2.10. The van der Waals surface area contributed by atoms with Crippen molar-refractivity contribution < 1.29 is 14.7 Å². The van der Waals surface area contributed by atoms with Crippen LogP contribution in [0.4, 0.5) is 0 Å². The highest BCUT2D eigenvalue weighted by atomic mass is 16.4. The van der Waals surface area contributed by atoms with Gasteiger partial charge in [0.05, 0.1) is 0 Å². The number of rotatable bonds is 4. The van der Waals surface area contributed by atoms with Crippen molar-refractivity contribution in [2.75, 3.05) is 7.05 Å². The van der Waals surface area contributed by atoms with E-state index < -0.39 is 12.0 Å². The number of likely N-dealkylation sites (N-methyl/N-ethyl adjacent to an activating group) is 1. The van der Waals surface area contributed by atoms with Gasteiger partial charge in [-0.2, -0.15) is 0 Å². The Kier molecular flexibility index (Phi) is 4.26. The van der Waals surface area contributed by atoms with Crippen LogP contribution < -0.4 is 5.32 Å². The fourth-order valence-corrected chi connectivity index (χ4v) is 0.922. The maximum absolute atomic E-state index is 10.6. The van der Waals surface area contributed by atoms with Crippen LogP contribution in [0.5, 0.6) is 0 Å². The summed E-state index contributed by atoms with van der Waals surface area (Å²) >= 11 is 0. The molecule has 4 heteroatoms. The summed E-state index contributed by atoms with van der Waals surface area (Å²) in [4.78, 5) is 21.0. The van der Waals surface area contributed by atoms with Crippen LogP contribution in [-0.4, -0.2) is 30.1 Å². The molecule has 0 aromatic heterocycles. The molecule has 4 nitrogen and oxygen atoms in total. The summed E-state index contributed by atoms with van der Waals surface area (Å²) in [6, 6.07) is -0.914. The Hall–Kier alpha value is -1.12. The van der Waals surface area contributed by atoms with Crippen LogP contribution in [0.1, 0.15) is 13.8 Å². The first-order valence-electron chi connectivity index (χ1n) is 3.69. The normalized spacial score (nSPS) is 12.3. The highest BCUT2D eigenvalue weighted by molar-refractivity contribution is 5.81. The van der Waals surface area contributed by atoms with Crippen LogP contribution >= 0.6 is 0 Å². The maximum atomic E-state index is 10.6. The van der Waals surface area contributed by atoms with Gasteiger partial charge >= 0.3 is 5.97 Å². The van der Waals surface area contributed by atoms with Gasteiger partial charge in [0.1, 0.15) is 12.0 Å². The fourth-order valence-electron chi connectivity index (χ4n) is 0.922. The molecule has 0 aromatic rings. The average Bonchev–Trinajstić information content (AvgIpc) is 1.98. The summed E-state index contributed by atoms with van der Waals surface area (Å²) in [7, 11) is 1.50. The largest absolute Gasteiger partial charge is 0.480 e. The van der Waals surface area contributed by atoms with Gasteiger partial charge in [-0.1, -0.05) is 13.8 Å². The number of aliphatic carboxylic acids is 1. The Labute approximate surface area is 71.3 Å². The number of carboxylic acids is 1. The third-order valence-corrected chi connectivity index (χ3v) is 1.59. The van der Waals surface area contributed by atoms with Crippen LogP contribution in [-0.2, 0) is 9.59 Å². The van der Waals surface area contributed by atoms with Crippen molar-refractivity contribution in [3.8, 4) is 0 Å². The minimum atomic E-state index is -1.05. The summed E-state index contributed by atoms with van der Waals surface area (Å²) in [6.07, 6.45) is 0. The first kappa shape index (κ1) is 10.9. The predicted molar refractivity (Wildman–Crippen MR) is 44.5 cm³/mol. The van der Waals surface area contributed by atoms with Crippen LogP contribution in [0.15, 0.2) is 5.57 Å². The number of hydrogen-bond donors (Lipinski definition) is 2. The lowest BCUT2D eigenvalue weighted by Gasteiger charge is -2.14. The van der Waals surface area contributed by atoms with E-state index in [-0.39, 0.29) is 11.5 Å². The summed E-state index contributed by atoms with van der Waals surface area (Å²) in [5.74, 6) is 0.505. The van der Waals surface area contributed by atoms with Crippen LogP contribution in [0.25, 0.3) is 0 Å². The van der Waals surface area contributed by atoms with Gasteiger partial charge in [0, 0.05) is 5.57 Å². The van der Waals surface area contributed by atoms with Gasteiger partial charge in [0.2, 0.25) is 0 Å². The van der Waals surface area contributed by atoms with E-state index in [0.717, 1.165) is 0 Å². The smallest absolute Gasteiger partial charge is 0.325 e. The molecule has 0 fully saturated rings. The van der Waals surface area contributed by atoms with Gasteiger partial charge in [0.25, 0.3) is 0 Å². The second-order valence-electron chi connectivity index (χ2n) is 2.77. The molecule has 0 amide bonds. The van der Waals surface area contributed by atoms with Gasteiger partial charge in [-0.25, -0.2) is 4.79 Å². The summed E-state index contributed by atoms with van der Waals surface area (Å²) in [5, 5.41) is 11.2. The van der Waals surface area contributed by atoms with Crippen LogP contribution in [0, 0.1) is 5.92 Å². The molecule has 0 aliphatic rings. The SMILES string of the molecule is CN[C@H](C(=O)O)C(=C=O)C(C)C. The van der Waals surface area contributed by atoms with Gasteiger partial charge in [0.15, 0.2) is 0 Å².